The van der Waals surface area contributed by atoms with Crippen molar-refractivity contribution in [3.8, 4) is 0 Å². The molecule has 6 rings (SSSR count). The number of allylic oxidation sites excluding steroid dienone is 1. The van der Waals surface area contributed by atoms with Crippen molar-refractivity contribution in [3.63, 3.8) is 0 Å². The van der Waals surface area contributed by atoms with E-state index in [1.54, 1.807) is 4.31 Å². The van der Waals surface area contributed by atoms with Crippen LogP contribution in [0.25, 0.3) is 6.08 Å². The first-order valence-corrected chi connectivity index (χ1v) is 20.4. The van der Waals surface area contributed by atoms with Crippen molar-refractivity contribution in [3.05, 3.63) is 59.7 Å². The average molecular weight is 702 g/mol. The number of carbonyl (C=O) groups is 2. The fraction of sp³-hybridized carbons (Fsp3) is 0.618. The summed E-state index contributed by atoms with van der Waals surface area (Å²) in [5.41, 5.74) is -0.263. The molecule has 4 aliphatic rings. The Hall–Kier alpha value is -3.07. The number of aromatic amines is 1. The molecule has 12 nitrogen and oxygen atoms in total. The van der Waals surface area contributed by atoms with Crippen LogP contribution in [0.5, 0.6) is 0 Å². The van der Waals surface area contributed by atoms with E-state index in [9.17, 15) is 31.5 Å². The van der Waals surface area contributed by atoms with Gasteiger partial charge in [0.05, 0.1) is 29.9 Å². The van der Waals surface area contributed by atoms with Gasteiger partial charge >= 0.3 is 0 Å². The van der Waals surface area contributed by atoms with Gasteiger partial charge in [-0.15, -0.1) is 0 Å². The van der Waals surface area contributed by atoms with E-state index in [2.05, 4.69) is 44.9 Å². The summed E-state index contributed by atoms with van der Waals surface area (Å²) in [5, 5.41) is 17.8. The van der Waals surface area contributed by atoms with Crippen LogP contribution in [-0.4, -0.2) is 97.1 Å². The summed E-state index contributed by atoms with van der Waals surface area (Å²) >= 11 is 0. The highest BCUT2D eigenvalue weighted by molar-refractivity contribution is 7.90. The van der Waals surface area contributed by atoms with Gasteiger partial charge in [0, 0.05) is 48.6 Å². The van der Waals surface area contributed by atoms with Crippen molar-refractivity contribution < 1.29 is 31.5 Å². The SMILES string of the molecule is CC1(C)[C@@H]2CC[C@@]1(CS(=O)(=O)N1CCC3(C=Cc4ccccc43)CC1)[C@](O)(CNC(=O)[C@H](CCS(C)(=O)=O)NC(=O)Cc1cnc[nH]1)C2. The molecule has 2 aromatic rings. The van der Waals surface area contributed by atoms with Crippen LogP contribution in [0.2, 0.25) is 0 Å². The number of aliphatic hydroxyl groups is 1. The molecular weight excluding hydrogens is 655 g/mol. The molecule has 0 radical (unpaired) electrons. The standard InChI is InChI=1S/C34H47N5O7S2/c1-31(2)25-9-12-33(31,22-48(45,46)39-15-13-32(14-16-39)11-8-24-6-4-5-7-27(24)32)34(42,19-25)21-36-30(41)28(10-17-47(3,43)44)38-29(40)18-26-20-35-23-37-26/h4-8,11,20,23,25,28,42H,9-10,12-19,21-22H2,1-3H3,(H,35,37)(H,36,41)(H,38,40)/t25-,28+,33+,34-/m1/s1. The molecule has 262 valence electrons. The first kappa shape index (κ1) is 34.8. The summed E-state index contributed by atoms with van der Waals surface area (Å²) in [5.74, 6) is -1.61. The lowest BCUT2D eigenvalue weighted by Gasteiger charge is -2.49. The minimum absolute atomic E-state index is 0.0643. The van der Waals surface area contributed by atoms with E-state index in [1.165, 1.54) is 23.7 Å². The minimum atomic E-state index is -3.79. The Morgan fingerprint density at radius 1 is 1.12 bits per heavy atom. The van der Waals surface area contributed by atoms with Gasteiger partial charge in [0.1, 0.15) is 15.9 Å². The van der Waals surface area contributed by atoms with E-state index in [0.29, 0.717) is 44.5 Å². The van der Waals surface area contributed by atoms with E-state index in [-0.39, 0.29) is 42.2 Å². The number of aromatic nitrogens is 2. The number of piperidine rings is 1. The number of imidazole rings is 1. The maximum absolute atomic E-state index is 14.2. The predicted molar refractivity (Wildman–Crippen MR) is 182 cm³/mol. The van der Waals surface area contributed by atoms with Gasteiger partial charge < -0.3 is 20.7 Å². The van der Waals surface area contributed by atoms with Crippen LogP contribution in [0.15, 0.2) is 42.9 Å². The Labute approximate surface area is 283 Å². The largest absolute Gasteiger partial charge is 0.387 e. The second kappa shape index (κ2) is 12.4. The summed E-state index contributed by atoms with van der Waals surface area (Å²) in [7, 11) is -7.23. The van der Waals surface area contributed by atoms with E-state index in [0.717, 1.165) is 12.7 Å². The molecule has 3 fully saturated rings. The predicted octanol–water partition coefficient (Wildman–Crippen LogP) is 1.94. The number of sulfone groups is 1. The summed E-state index contributed by atoms with van der Waals surface area (Å²) in [6.07, 6.45) is 11.1. The second-order valence-electron chi connectivity index (χ2n) is 15.0. The molecule has 3 aliphatic carbocycles. The Morgan fingerprint density at radius 3 is 2.52 bits per heavy atom. The van der Waals surface area contributed by atoms with E-state index in [1.807, 2.05) is 26.0 Å². The van der Waals surface area contributed by atoms with E-state index < -0.39 is 54.1 Å². The number of carbonyl (C=O) groups excluding carboxylic acids is 2. The number of rotatable bonds is 12. The van der Waals surface area contributed by atoms with Crippen molar-refractivity contribution in [1.29, 1.82) is 0 Å². The van der Waals surface area contributed by atoms with Crippen molar-refractivity contribution >= 4 is 37.8 Å². The topological polar surface area (TPSA) is 179 Å². The molecule has 1 aromatic heterocycles. The Morgan fingerprint density at radius 2 is 1.85 bits per heavy atom. The number of benzene rings is 1. The lowest BCUT2D eigenvalue weighted by molar-refractivity contribution is -0.131. The van der Waals surface area contributed by atoms with Gasteiger partial charge in [-0.2, -0.15) is 0 Å². The highest BCUT2D eigenvalue weighted by Crippen LogP contribution is 2.70. The number of sulfonamides is 1. The number of nitrogens with one attached hydrogen (secondary N) is 3. The van der Waals surface area contributed by atoms with Crippen LogP contribution in [-0.2, 0) is 41.3 Å². The molecular formula is C34H47N5O7S2. The number of H-pyrrole nitrogens is 1. The molecule has 1 aromatic carbocycles. The normalized spacial score (nSPS) is 28.0. The van der Waals surface area contributed by atoms with Crippen LogP contribution >= 0.6 is 0 Å². The average Bonchev–Trinajstić information content (AvgIpc) is 3.75. The fourth-order valence-corrected chi connectivity index (χ4v) is 12.1. The Kier molecular flexibility index (Phi) is 8.96. The third-order valence-electron chi connectivity index (χ3n) is 12.1. The van der Waals surface area contributed by atoms with Crippen molar-refractivity contribution in [2.24, 2.45) is 16.7 Å². The van der Waals surface area contributed by atoms with Gasteiger partial charge in [0.25, 0.3) is 0 Å². The monoisotopic (exact) mass is 701 g/mol. The third-order valence-corrected chi connectivity index (χ3v) is 15.0. The molecule has 0 unspecified atom stereocenters. The fourth-order valence-electron chi connectivity index (χ4n) is 9.11. The van der Waals surface area contributed by atoms with E-state index >= 15 is 0 Å². The lowest BCUT2D eigenvalue weighted by atomic mass is 9.64. The summed E-state index contributed by atoms with van der Waals surface area (Å²) in [4.78, 5) is 33.0. The summed E-state index contributed by atoms with van der Waals surface area (Å²) in [6.45, 7) is 4.61. The van der Waals surface area contributed by atoms with Crippen LogP contribution < -0.4 is 10.6 Å². The highest BCUT2D eigenvalue weighted by Gasteiger charge is 2.72. The van der Waals surface area contributed by atoms with Gasteiger partial charge in [0.15, 0.2) is 0 Å². The molecule has 2 bridgehead atoms. The van der Waals surface area contributed by atoms with Gasteiger partial charge in [-0.3, -0.25) is 9.59 Å². The molecule has 2 amide bonds. The van der Waals surface area contributed by atoms with Crippen molar-refractivity contribution in [2.75, 3.05) is 37.4 Å². The van der Waals surface area contributed by atoms with Crippen LogP contribution in [0.3, 0.4) is 0 Å². The molecule has 1 aliphatic heterocycles. The maximum atomic E-state index is 14.2. The molecule has 4 atom stereocenters. The summed E-state index contributed by atoms with van der Waals surface area (Å²) in [6, 6.07) is 7.09. The molecule has 48 heavy (non-hydrogen) atoms. The van der Waals surface area contributed by atoms with Crippen molar-refractivity contribution in [1.82, 2.24) is 24.9 Å². The molecule has 1 saturated heterocycles. The number of fused-ring (bicyclic) bond motifs is 4. The van der Waals surface area contributed by atoms with Gasteiger partial charge in [-0.1, -0.05) is 50.3 Å². The van der Waals surface area contributed by atoms with Crippen LogP contribution in [0.1, 0.15) is 69.2 Å². The Bertz CT molecular complexity index is 1800. The zero-order valence-electron chi connectivity index (χ0n) is 27.9. The quantitative estimate of drug-likeness (QED) is 0.259. The smallest absolute Gasteiger partial charge is 0.242 e. The van der Waals surface area contributed by atoms with Crippen LogP contribution in [0, 0.1) is 16.7 Å². The first-order chi connectivity index (χ1) is 22.5. The third kappa shape index (κ3) is 6.25. The molecule has 1 spiro atoms. The zero-order chi connectivity index (χ0) is 34.6. The molecule has 4 N–H and O–H groups in total. The number of nitrogens with zero attached hydrogens (tertiary/aromatic N) is 2. The lowest BCUT2D eigenvalue weighted by Crippen LogP contribution is -2.61. The molecule has 2 heterocycles. The Balaban J connectivity index is 1.16. The number of amides is 2. The number of hydrogen-bond acceptors (Lipinski definition) is 8. The second-order valence-corrected chi connectivity index (χ2v) is 19.2. The minimum Gasteiger partial charge on any atom is -0.387 e. The maximum Gasteiger partial charge on any atom is 0.242 e. The van der Waals surface area contributed by atoms with Gasteiger partial charge in [-0.05, 0) is 61.0 Å². The van der Waals surface area contributed by atoms with Gasteiger partial charge in [0.2, 0.25) is 21.8 Å². The summed E-state index contributed by atoms with van der Waals surface area (Å²) < 4.78 is 53.9. The zero-order valence-corrected chi connectivity index (χ0v) is 29.5. The van der Waals surface area contributed by atoms with E-state index in [4.69, 9.17) is 0 Å². The van der Waals surface area contributed by atoms with Crippen molar-refractivity contribution in [2.45, 2.75) is 75.9 Å². The number of hydrogen-bond donors (Lipinski definition) is 4. The first-order valence-electron chi connectivity index (χ1n) is 16.7. The molecule has 2 saturated carbocycles. The van der Waals surface area contributed by atoms with Crippen LogP contribution in [0.4, 0.5) is 0 Å². The van der Waals surface area contributed by atoms with Gasteiger partial charge in [-0.25, -0.2) is 26.1 Å². The highest BCUT2D eigenvalue weighted by atomic mass is 32.2. The molecule has 14 heteroatoms.